The average molecular weight is 328 g/mol. The Morgan fingerprint density at radius 2 is 1.87 bits per heavy atom. The maximum atomic E-state index is 12.6. The van der Waals surface area contributed by atoms with Gasteiger partial charge in [-0.3, -0.25) is 9.59 Å². The fraction of sp³-hybridized carbons (Fsp3) is 0.176. The Morgan fingerprint density at radius 1 is 1.13 bits per heavy atom. The summed E-state index contributed by atoms with van der Waals surface area (Å²) in [7, 11) is 1.58. The fourth-order valence-corrected chi connectivity index (χ4v) is 3.20. The summed E-state index contributed by atoms with van der Waals surface area (Å²) < 4.78 is 5.16. The first-order valence-electron chi connectivity index (χ1n) is 7.10. The number of carbonyl (C=O) groups excluding carboxylic acids is 2. The molecule has 0 spiro atoms. The molecule has 2 amide bonds. The largest absolute Gasteiger partial charge is 0.497 e. The summed E-state index contributed by atoms with van der Waals surface area (Å²) in [5.74, 6) is 0.416. The number of benzene rings is 2. The van der Waals surface area contributed by atoms with Gasteiger partial charge in [-0.2, -0.15) is 0 Å². The highest BCUT2D eigenvalue weighted by atomic mass is 32.2. The Balaban J connectivity index is 1.79. The Morgan fingerprint density at radius 3 is 2.57 bits per heavy atom. The molecule has 1 aliphatic heterocycles. The van der Waals surface area contributed by atoms with Crippen LogP contribution in [-0.4, -0.2) is 23.6 Å². The normalized spacial score (nSPS) is 17.5. The van der Waals surface area contributed by atoms with E-state index in [-0.39, 0.29) is 11.1 Å². The van der Waals surface area contributed by atoms with Crippen LogP contribution in [0.5, 0.6) is 5.75 Å². The molecule has 5 nitrogen and oxygen atoms in total. The van der Waals surface area contributed by atoms with Gasteiger partial charge in [0.1, 0.15) is 5.75 Å². The van der Waals surface area contributed by atoms with Crippen molar-refractivity contribution in [1.29, 1.82) is 0 Å². The van der Waals surface area contributed by atoms with Gasteiger partial charge in [-0.25, -0.2) is 4.90 Å². The minimum Gasteiger partial charge on any atom is -0.497 e. The number of methoxy groups -OCH3 is 1. The van der Waals surface area contributed by atoms with Gasteiger partial charge in [0.05, 0.1) is 12.8 Å². The quantitative estimate of drug-likeness (QED) is 0.928. The van der Waals surface area contributed by atoms with Gasteiger partial charge in [0.25, 0.3) is 11.1 Å². The molecule has 1 fully saturated rings. The molecule has 2 aromatic rings. The van der Waals surface area contributed by atoms with E-state index in [1.54, 1.807) is 25.3 Å². The fourth-order valence-electron chi connectivity index (χ4n) is 2.29. The van der Waals surface area contributed by atoms with Crippen LogP contribution >= 0.6 is 11.8 Å². The van der Waals surface area contributed by atoms with Gasteiger partial charge in [-0.15, -0.1) is 0 Å². The highest BCUT2D eigenvalue weighted by molar-refractivity contribution is 8.16. The standard InChI is InChI=1S/C17H16N2O3S/c1-11-6-8-13(9-7-11)19-16(20)15(23-17(19)21)18-12-4-3-5-14(10-12)22-2/h3-10,15,18H,1-2H3/t15-/m1/s1. The van der Waals surface area contributed by atoms with Crippen LogP contribution in [0.4, 0.5) is 16.2 Å². The molecule has 0 bridgehead atoms. The third-order valence-electron chi connectivity index (χ3n) is 3.51. The van der Waals surface area contributed by atoms with Crippen LogP contribution in [0, 0.1) is 6.92 Å². The molecule has 0 radical (unpaired) electrons. The molecule has 6 heteroatoms. The Bertz CT molecular complexity index is 746. The van der Waals surface area contributed by atoms with Crippen LogP contribution in [0.3, 0.4) is 0 Å². The number of anilines is 2. The zero-order valence-electron chi connectivity index (χ0n) is 12.8. The molecule has 0 saturated carbocycles. The lowest BCUT2D eigenvalue weighted by molar-refractivity contribution is -0.116. The molecular formula is C17H16N2O3S. The highest BCUT2D eigenvalue weighted by Crippen LogP contribution is 2.33. The lowest BCUT2D eigenvalue weighted by atomic mass is 10.2. The summed E-state index contributed by atoms with van der Waals surface area (Å²) in [6.45, 7) is 1.96. The van der Waals surface area contributed by atoms with E-state index in [4.69, 9.17) is 4.74 Å². The second-order valence-electron chi connectivity index (χ2n) is 5.15. The van der Waals surface area contributed by atoms with Crippen molar-refractivity contribution >= 4 is 34.3 Å². The number of amides is 2. The zero-order valence-corrected chi connectivity index (χ0v) is 13.6. The van der Waals surface area contributed by atoms with Gasteiger partial charge in [-0.1, -0.05) is 23.8 Å². The molecule has 1 N–H and O–H groups in total. The van der Waals surface area contributed by atoms with E-state index in [0.29, 0.717) is 11.4 Å². The van der Waals surface area contributed by atoms with E-state index < -0.39 is 5.37 Å². The predicted octanol–water partition coefficient (Wildman–Crippen LogP) is 3.64. The van der Waals surface area contributed by atoms with Crippen molar-refractivity contribution in [3.05, 3.63) is 54.1 Å². The van der Waals surface area contributed by atoms with E-state index in [9.17, 15) is 9.59 Å². The van der Waals surface area contributed by atoms with Gasteiger partial charge in [-0.05, 0) is 43.0 Å². The van der Waals surface area contributed by atoms with Crippen molar-refractivity contribution in [2.45, 2.75) is 12.3 Å². The smallest absolute Gasteiger partial charge is 0.295 e. The lowest BCUT2D eigenvalue weighted by Crippen LogP contribution is -2.34. The molecular weight excluding hydrogens is 312 g/mol. The predicted molar refractivity (Wildman–Crippen MR) is 92.1 cm³/mol. The second kappa shape index (κ2) is 6.34. The molecule has 1 heterocycles. The van der Waals surface area contributed by atoms with Gasteiger partial charge < -0.3 is 10.1 Å². The van der Waals surface area contributed by atoms with Gasteiger partial charge in [0, 0.05) is 11.8 Å². The third kappa shape index (κ3) is 3.17. The molecule has 23 heavy (non-hydrogen) atoms. The minimum atomic E-state index is -0.643. The van der Waals surface area contributed by atoms with Crippen molar-refractivity contribution < 1.29 is 14.3 Å². The molecule has 3 rings (SSSR count). The number of rotatable bonds is 4. The molecule has 2 aromatic carbocycles. The number of nitrogens with zero attached hydrogens (tertiary/aromatic N) is 1. The van der Waals surface area contributed by atoms with E-state index in [1.807, 2.05) is 37.3 Å². The maximum absolute atomic E-state index is 12.6. The van der Waals surface area contributed by atoms with Gasteiger partial charge in [0.15, 0.2) is 5.37 Å². The minimum absolute atomic E-state index is 0.272. The van der Waals surface area contributed by atoms with E-state index in [2.05, 4.69) is 5.32 Å². The van der Waals surface area contributed by atoms with Crippen molar-refractivity contribution in [1.82, 2.24) is 0 Å². The molecule has 1 atom stereocenters. The summed E-state index contributed by atoms with van der Waals surface area (Å²) in [5, 5.41) is 2.16. The first-order chi connectivity index (χ1) is 11.1. The summed E-state index contributed by atoms with van der Waals surface area (Å²) in [6.07, 6.45) is 0. The summed E-state index contributed by atoms with van der Waals surface area (Å²) in [5.41, 5.74) is 2.40. The average Bonchev–Trinajstić information content (AvgIpc) is 2.83. The molecule has 0 unspecified atom stereocenters. The van der Waals surface area contributed by atoms with Crippen molar-refractivity contribution in [2.24, 2.45) is 0 Å². The third-order valence-corrected chi connectivity index (χ3v) is 4.44. The van der Waals surface area contributed by atoms with Crippen LogP contribution in [0.1, 0.15) is 5.56 Å². The van der Waals surface area contributed by atoms with Crippen LogP contribution < -0.4 is 15.0 Å². The number of thioether (sulfide) groups is 1. The van der Waals surface area contributed by atoms with Crippen molar-refractivity contribution in [2.75, 3.05) is 17.3 Å². The monoisotopic (exact) mass is 328 g/mol. The number of hydrogen-bond acceptors (Lipinski definition) is 5. The molecule has 1 saturated heterocycles. The van der Waals surface area contributed by atoms with E-state index in [1.165, 1.54) is 4.90 Å². The Kier molecular flexibility index (Phi) is 4.25. The maximum Gasteiger partial charge on any atom is 0.295 e. The number of aryl methyl sites for hydroxylation is 1. The topological polar surface area (TPSA) is 58.6 Å². The first-order valence-corrected chi connectivity index (χ1v) is 7.98. The van der Waals surface area contributed by atoms with Crippen molar-refractivity contribution in [3.8, 4) is 5.75 Å². The summed E-state index contributed by atoms with van der Waals surface area (Å²) in [4.78, 5) is 26.0. The van der Waals surface area contributed by atoms with Crippen LogP contribution in [-0.2, 0) is 4.79 Å². The van der Waals surface area contributed by atoms with Crippen LogP contribution in [0.25, 0.3) is 0 Å². The first kappa shape index (κ1) is 15.4. The van der Waals surface area contributed by atoms with E-state index >= 15 is 0 Å². The lowest BCUT2D eigenvalue weighted by Gasteiger charge is -2.15. The van der Waals surface area contributed by atoms with Gasteiger partial charge in [0.2, 0.25) is 0 Å². The SMILES string of the molecule is COc1cccc(N[C@@H]2SC(=O)N(c3ccc(C)cc3)C2=O)c1. The van der Waals surface area contributed by atoms with Gasteiger partial charge >= 0.3 is 0 Å². The Hall–Kier alpha value is -2.47. The number of ether oxygens (including phenoxy) is 1. The summed E-state index contributed by atoms with van der Waals surface area (Å²) >= 11 is 0.975. The van der Waals surface area contributed by atoms with Crippen LogP contribution in [0.2, 0.25) is 0 Å². The molecule has 118 valence electrons. The molecule has 0 aliphatic carbocycles. The zero-order chi connectivity index (χ0) is 16.4. The summed E-state index contributed by atoms with van der Waals surface area (Å²) in [6, 6.07) is 14.6. The number of hydrogen-bond donors (Lipinski definition) is 1. The van der Waals surface area contributed by atoms with Crippen molar-refractivity contribution in [3.63, 3.8) is 0 Å². The molecule has 0 aromatic heterocycles. The van der Waals surface area contributed by atoms with Crippen LogP contribution in [0.15, 0.2) is 48.5 Å². The highest BCUT2D eigenvalue weighted by Gasteiger charge is 2.40. The number of nitrogens with one attached hydrogen (secondary N) is 1. The Labute approximate surface area is 138 Å². The number of imide groups is 1. The number of carbonyl (C=O) groups is 2. The second-order valence-corrected chi connectivity index (χ2v) is 6.21. The van der Waals surface area contributed by atoms with E-state index in [0.717, 1.165) is 23.0 Å². The molecule has 1 aliphatic rings.